The van der Waals surface area contributed by atoms with Crippen molar-refractivity contribution >= 4 is 5.97 Å². The molecule has 0 heterocycles. The minimum absolute atomic E-state index is 0.0992. The van der Waals surface area contributed by atoms with E-state index in [1.807, 2.05) is 0 Å². The molecule has 1 unspecified atom stereocenters. The lowest BCUT2D eigenvalue weighted by atomic mass is 9.86. The third-order valence-electron chi connectivity index (χ3n) is 4.96. The number of nitrogens with one attached hydrogen (secondary N) is 1. The topological polar surface area (TPSA) is 41.6 Å². The molecule has 0 radical (unpaired) electrons. The number of benzene rings is 1. The van der Waals surface area contributed by atoms with Crippen LogP contribution in [0.25, 0.3) is 0 Å². The standard InChI is InChI=1S/C23H40N2O2/c1-8-25(9-2)16-15-24-21(22(26)27-17-14-18(3)4)19-10-12-20(13-11-19)23(5,6)7/h10-13,18,21,24H,8-9,14-17H2,1-7H3. The summed E-state index contributed by atoms with van der Waals surface area (Å²) in [5, 5.41) is 3.42. The molecule has 154 valence electrons. The van der Waals surface area contributed by atoms with Crippen molar-refractivity contribution < 1.29 is 9.53 Å². The number of rotatable bonds is 11. The van der Waals surface area contributed by atoms with Gasteiger partial charge < -0.3 is 9.64 Å². The van der Waals surface area contributed by atoms with Crippen LogP contribution in [-0.2, 0) is 14.9 Å². The Bertz CT molecular complexity index is 542. The van der Waals surface area contributed by atoms with Crippen molar-refractivity contribution in [3.05, 3.63) is 35.4 Å². The molecule has 1 rings (SSSR count). The second kappa shape index (κ2) is 11.5. The molecule has 0 saturated carbocycles. The maximum Gasteiger partial charge on any atom is 0.327 e. The first-order valence-corrected chi connectivity index (χ1v) is 10.4. The predicted octanol–water partition coefficient (Wildman–Crippen LogP) is 4.55. The van der Waals surface area contributed by atoms with E-state index in [-0.39, 0.29) is 11.4 Å². The molecule has 0 spiro atoms. The maximum atomic E-state index is 12.7. The van der Waals surface area contributed by atoms with Gasteiger partial charge in [0.1, 0.15) is 6.04 Å². The fourth-order valence-corrected chi connectivity index (χ4v) is 2.90. The molecule has 0 aromatic heterocycles. The Morgan fingerprint density at radius 3 is 2.19 bits per heavy atom. The molecule has 1 N–H and O–H groups in total. The molecular weight excluding hydrogens is 336 g/mol. The molecular formula is C23H40N2O2. The predicted molar refractivity (Wildman–Crippen MR) is 114 cm³/mol. The molecule has 0 amide bonds. The van der Waals surface area contributed by atoms with E-state index < -0.39 is 6.04 Å². The lowest BCUT2D eigenvalue weighted by Gasteiger charge is -2.23. The van der Waals surface area contributed by atoms with Crippen molar-refractivity contribution in [2.45, 2.75) is 66.3 Å². The normalized spacial score (nSPS) is 13.2. The smallest absolute Gasteiger partial charge is 0.327 e. The highest BCUT2D eigenvalue weighted by Crippen LogP contribution is 2.24. The first-order valence-electron chi connectivity index (χ1n) is 10.4. The number of hydrogen-bond acceptors (Lipinski definition) is 4. The zero-order chi connectivity index (χ0) is 20.4. The summed E-state index contributed by atoms with van der Waals surface area (Å²) < 4.78 is 5.56. The van der Waals surface area contributed by atoms with Gasteiger partial charge in [-0.15, -0.1) is 0 Å². The van der Waals surface area contributed by atoms with Gasteiger partial charge in [0, 0.05) is 13.1 Å². The molecule has 0 saturated heterocycles. The largest absolute Gasteiger partial charge is 0.464 e. The van der Waals surface area contributed by atoms with Crippen LogP contribution < -0.4 is 5.32 Å². The van der Waals surface area contributed by atoms with E-state index in [0.29, 0.717) is 12.5 Å². The summed E-state index contributed by atoms with van der Waals surface area (Å²) >= 11 is 0. The summed E-state index contributed by atoms with van der Waals surface area (Å²) in [5.74, 6) is 0.344. The Morgan fingerprint density at radius 1 is 1.11 bits per heavy atom. The van der Waals surface area contributed by atoms with Crippen LogP contribution in [0.5, 0.6) is 0 Å². The average Bonchev–Trinajstić information content (AvgIpc) is 2.61. The van der Waals surface area contributed by atoms with E-state index in [9.17, 15) is 4.79 Å². The van der Waals surface area contributed by atoms with Crippen molar-refractivity contribution in [1.82, 2.24) is 10.2 Å². The van der Waals surface area contributed by atoms with E-state index in [1.165, 1.54) is 5.56 Å². The molecule has 27 heavy (non-hydrogen) atoms. The molecule has 4 nitrogen and oxygen atoms in total. The monoisotopic (exact) mass is 376 g/mol. The van der Waals surface area contributed by atoms with E-state index in [0.717, 1.165) is 38.2 Å². The molecule has 1 aromatic rings. The van der Waals surface area contributed by atoms with Gasteiger partial charge in [-0.3, -0.25) is 5.32 Å². The summed E-state index contributed by atoms with van der Waals surface area (Å²) in [7, 11) is 0. The Balaban J connectivity index is 2.84. The zero-order valence-corrected chi connectivity index (χ0v) is 18.5. The molecule has 4 heteroatoms. The Labute approximate surface area is 166 Å². The first kappa shape index (κ1) is 23.6. The second-order valence-electron chi connectivity index (χ2n) is 8.64. The number of carbonyl (C=O) groups excluding carboxylic acids is 1. The third-order valence-corrected chi connectivity index (χ3v) is 4.96. The number of likely N-dealkylation sites (N-methyl/N-ethyl adjacent to an activating group) is 1. The van der Waals surface area contributed by atoms with Crippen LogP contribution in [0.2, 0.25) is 0 Å². The van der Waals surface area contributed by atoms with Crippen LogP contribution in [0, 0.1) is 5.92 Å². The Kier molecular flexibility index (Phi) is 10.0. The van der Waals surface area contributed by atoms with Crippen molar-refractivity contribution in [3.63, 3.8) is 0 Å². The molecule has 0 aliphatic heterocycles. The highest BCUT2D eigenvalue weighted by Gasteiger charge is 2.23. The fraction of sp³-hybridized carbons (Fsp3) is 0.696. The number of nitrogens with zero attached hydrogens (tertiary/aromatic N) is 1. The summed E-state index contributed by atoms with van der Waals surface area (Å²) in [6.07, 6.45) is 0.890. The lowest BCUT2D eigenvalue weighted by molar-refractivity contribution is -0.146. The zero-order valence-electron chi connectivity index (χ0n) is 18.5. The van der Waals surface area contributed by atoms with Crippen LogP contribution in [0.3, 0.4) is 0 Å². The molecule has 0 aliphatic rings. The van der Waals surface area contributed by atoms with Gasteiger partial charge in [0.2, 0.25) is 0 Å². The van der Waals surface area contributed by atoms with Gasteiger partial charge in [-0.25, -0.2) is 4.79 Å². The maximum absolute atomic E-state index is 12.7. The highest BCUT2D eigenvalue weighted by atomic mass is 16.5. The number of ether oxygens (including phenoxy) is 1. The molecule has 1 aromatic carbocycles. The quantitative estimate of drug-likeness (QED) is 0.576. The minimum atomic E-state index is -0.415. The first-order chi connectivity index (χ1) is 12.7. The van der Waals surface area contributed by atoms with Gasteiger partial charge in [-0.2, -0.15) is 0 Å². The van der Waals surface area contributed by atoms with Crippen LogP contribution >= 0.6 is 0 Å². The van der Waals surface area contributed by atoms with Crippen LogP contribution in [0.1, 0.15) is 72.1 Å². The Morgan fingerprint density at radius 2 is 1.70 bits per heavy atom. The molecule has 0 fully saturated rings. The van der Waals surface area contributed by atoms with Gasteiger partial charge in [-0.1, -0.05) is 72.7 Å². The Hall–Kier alpha value is -1.39. The summed E-state index contributed by atoms with van der Waals surface area (Å²) in [5.41, 5.74) is 2.33. The third kappa shape index (κ3) is 8.44. The van der Waals surface area contributed by atoms with Gasteiger partial charge in [0.15, 0.2) is 0 Å². The molecule has 1 atom stereocenters. The van der Waals surface area contributed by atoms with Crippen LogP contribution in [0.15, 0.2) is 24.3 Å². The lowest BCUT2D eigenvalue weighted by Crippen LogP contribution is -2.37. The second-order valence-corrected chi connectivity index (χ2v) is 8.64. The van der Waals surface area contributed by atoms with Crippen molar-refractivity contribution in [3.8, 4) is 0 Å². The highest BCUT2D eigenvalue weighted by molar-refractivity contribution is 5.77. The SMILES string of the molecule is CCN(CC)CCNC(C(=O)OCCC(C)C)c1ccc(C(C)(C)C)cc1. The van der Waals surface area contributed by atoms with Gasteiger partial charge >= 0.3 is 5.97 Å². The van der Waals surface area contributed by atoms with E-state index in [2.05, 4.69) is 82.9 Å². The number of carbonyl (C=O) groups is 1. The summed E-state index contributed by atoms with van der Waals surface area (Å²) in [4.78, 5) is 15.1. The van der Waals surface area contributed by atoms with Crippen molar-refractivity contribution in [2.75, 3.05) is 32.8 Å². The average molecular weight is 377 g/mol. The van der Waals surface area contributed by atoms with Gasteiger partial charge in [0.25, 0.3) is 0 Å². The van der Waals surface area contributed by atoms with Gasteiger partial charge in [-0.05, 0) is 42.0 Å². The van der Waals surface area contributed by atoms with Crippen LogP contribution in [-0.4, -0.2) is 43.7 Å². The van der Waals surface area contributed by atoms with E-state index in [1.54, 1.807) is 0 Å². The summed E-state index contributed by atoms with van der Waals surface area (Å²) in [6.45, 7) is 19.4. The van der Waals surface area contributed by atoms with Crippen molar-refractivity contribution in [1.29, 1.82) is 0 Å². The van der Waals surface area contributed by atoms with Crippen LogP contribution in [0.4, 0.5) is 0 Å². The number of esters is 1. The molecule has 0 bridgehead atoms. The number of hydrogen-bond donors (Lipinski definition) is 1. The summed E-state index contributed by atoms with van der Waals surface area (Å²) in [6, 6.07) is 7.94. The van der Waals surface area contributed by atoms with E-state index in [4.69, 9.17) is 4.74 Å². The van der Waals surface area contributed by atoms with Crippen molar-refractivity contribution in [2.24, 2.45) is 5.92 Å². The fourth-order valence-electron chi connectivity index (χ4n) is 2.90. The van der Waals surface area contributed by atoms with Gasteiger partial charge in [0.05, 0.1) is 6.61 Å². The van der Waals surface area contributed by atoms with E-state index >= 15 is 0 Å². The molecule has 0 aliphatic carbocycles. The minimum Gasteiger partial charge on any atom is -0.464 e.